The summed E-state index contributed by atoms with van der Waals surface area (Å²) in [5.74, 6) is 0.807. The molecular formula is C16H22N4OS. The lowest BCUT2D eigenvalue weighted by molar-refractivity contribution is -0.123. The fourth-order valence-electron chi connectivity index (χ4n) is 2.59. The Morgan fingerprint density at radius 1 is 1.36 bits per heavy atom. The first-order valence-corrected chi connectivity index (χ1v) is 7.92. The predicted molar refractivity (Wildman–Crippen MR) is 89.0 cm³/mol. The molecule has 0 fully saturated rings. The summed E-state index contributed by atoms with van der Waals surface area (Å²) in [4.78, 5) is 12.6. The van der Waals surface area contributed by atoms with Crippen molar-refractivity contribution >= 4 is 18.1 Å². The minimum Gasteiger partial charge on any atom is -0.348 e. The van der Waals surface area contributed by atoms with Crippen molar-refractivity contribution in [1.29, 1.82) is 0 Å². The van der Waals surface area contributed by atoms with Crippen LogP contribution in [0.4, 0.5) is 0 Å². The van der Waals surface area contributed by atoms with Crippen LogP contribution in [0.5, 0.6) is 0 Å². The van der Waals surface area contributed by atoms with E-state index in [2.05, 4.69) is 29.4 Å². The van der Waals surface area contributed by atoms with E-state index >= 15 is 0 Å². The zero-order chi connectivity index (χ0) is 16.1. The number of amides is 1. The van der Waals surface area contributed by atoms with Gasteiger partial charge in [0.15, 0.2) is 10.6 Å². The molecule has 1 heterocycles. The van der Waals surface area contributed by atoms with Gasteiger partial charge < -0.3 is 9.88 Å². The van der Waals surface area contributed by atoms with Crippen molar-refractivity contribution in [3.05, 3.63) is 46.5 Å². The summed E-state index contributed by atoms with van der Waals surface area (Å²) < 4.78 is 2.46. The molecule has 0 aliphatic heterocycles. The van der Waals surface area contributed by atoms with Gasteiger partial charge >= 0.3 is 0 Å². The lowest BCUT2D eigenvalue weighted by Crippen LogP contribution is -2.32. The number of aromatic amines is 1. The minimum atomic E-state index is -0.168. The van der Waals surface area contributed by atoms with E-state index in [-0.39, 0.29) is 17.7 Å². The monoisotopic (exact) mass is 318 g/mol. The van der Waals surface area contributed by atoms with Crippen LogP contribution in [-0.4, -0.2) is 20.7 Å². The second-order valence-corrected chi connectivity index (χ2v) is 5.93. The third kappa shape index (κ3) is 3.62. The fraction of sp³-hybridized carbons (Fsp3) is 0.438. The molecule has 0 radical (unpaired) electrons. The van der Waals surface area contributed by atoms with Crippen molar-refractivity contribution in [3.8, 4) is 0 Å². The van der Waals surface area contributed by atoms with E-state index in [0.29, 0.717) is 11.3 Å². The molecule has 2 rings (SSSR count). The van der Waals surface area contributed by atoms with Crippen LogP contribution in [0.15, 0.2) is 30.3 Å². The van der Waals surface area contributed by atoms with E-state index in [1.807, 2.05) is 41.8 Å². The number of carbonyl (C=O) groups is 1. The third-order valence-electron chi connectivity index (χ3n) is 3.68. The number of nitrogens with zero attached hydrogens (tertiary/aromatic N) is 2. The van der Waals surface area contributed by atoms with Gasteiger partial charge in [0.05, 0.1) is 12.5 Å². The standard InChI is InChI=1S/C16H22N4OS/c1-4-20-13(18-19-16(20)22)10-17-15(21)14(11(2)3)12-8-6-5-7-9-12/h5-9,11,14H,4,10H2,1-3H3,(H,17,21)(H,19,22). The lowest BCUT2D eigenvalue weighted by atomic mass is 9.87. The molecule has 1 unspecified atom stereocenters. The zero-order valence-electron chi connectivity index (χ0n) is 13.2. The molecule has 0 aliphatic rings. The highest BCUT2D eigenvalue weighted by atomic mass is 32.1. The highest BCUT2D eigenvalue weighted by Gasteiger charge is 2.24. The van der Waals surface area contributed by atoms with E-state index in [9.17, 15) is 4.79 Å². The molecule has 1 aromatic carbocycles. The van der Waals surface area contributed by atoms with Crippen LogP contribution in [0.25, 0.3) is 0 Å². The number of nitrogens with one attached hydrogen (secondary N) is 2. The van der Waals surface area contributed by atoms with Crippen LogP contribution in [0.3, 0.4) is 0 Å². The quantitative estimate of drug-likeness (QED) is 0.805. The van der Waals surface area contributed by atoms with Crippen LogP contribution >= 0.6 is 12.2 Å². The molecule has 0 saturated carbocycles. The highest BCUT2D eigenvalue weighted by molar-refractivity contribution is 7.71. The Kier molecular flexibility index (Phi) is 5.49. The van der Waals surface area contributed by atoms with Crippen molar-refractivity contribution in [2.75, 3.05) is 0 Å². The number of hydrogen-bond donors (Lipinski definition) is 2. The van der Waals surface area contributed by atoms with Crippen LogP contribution in [0.1, 0.15) is 38.1 Å². The van der Waals surface area contributed by atoms with Gasteiger partial charge in [-0.25, -0.2) is 0 Å². The smallest absolute Gasteiger partial charge is 0.228 e. The molecule has 6 heteroatoms. The van der Waals surface area contributed by atoms with Gasteiger partial charge in [-0.1, -0.05) is 44.2 Å². The van der Waals surface area contributed by atoms with E-state index in [1.165, 1.54) is 0 Å². The van der Waals surface area contributed by atoms with Crippen LogP contribution < -0.4 is 5.32 Å². The Morgan fingerprint density at radius 3 is 2.64 bits per heavy atom. The summed E-state index contributed by atoms with van der Waals surface area (Å²) in [6.07, 6.45) is 0. The van der Waals surface area contributed by atoms with Gasteiger partial charge in [-0.3, -0.25) is 9.89 Å². The van der Waals surface area contributed by atoms with Gasteiger partial charge in [-0.05, 0) is 30.6 Å². The van der Waals surface area contributed by atoms with Gasteiger partial charge in [0, 0.05) is 6.54 Å². The maximum Gasteiger partial charge on any atom is 0.228 e. The normalized spacial score (nSPS) is 12.4. The summed E-state index contributed by atoms with van der Waals surface area (Å²) >= 11 is 5.15. The SMILES string of the molecule is CCn1c(CNC(=O)C(c2ccccc2)C(C)C)n[nH]c1=S. The molecule has 22 heavy (non-hydrogen) atoms. The van der Waals surface area contributed by atoms with Gasteiger partial charge in [-0.2, -0.15) is 5.10 Å². The average molecular weight is 318 g/mol. The molecule has 118 valence electrons. The van der Waals surface area contributed by atoms with Crippen molar-refractivity contribution in [2.45, 2.75) is 39.8 Å². The topological polar surface area (TPSA) is 62.7 Å². The molecule has 1 amide bonds. The summed E-state index contributed by atoms with van der Waals surface area (Å²) in [5, 5.41) is 9.90. The summed E-state index contributed by atoms with van der Waals surface area (Å²) in [6.45, 7) is 7.21. The molecule has 2 aromatic rings. The average Bonchev–Trinajstić information content (AvgIpc) is 2.86. The van der Waals surface area contributed by atoms with Gasteiger partial charge in [0.2, 0.25) is 5.91 Å². The first-order valence-electron chi connectivity index (χ1n) is 7.51. The van der Waals surface area contributed by atoms with E-state index < -0.39 is 0 Å². The maximum atomic E-state index is 12.6. The van der Waals surface area contributed by atoms with Gasteiger partial charge in [0.25, 0.3) is 0 Å². The summed E-state index contributed by atoms with van der Waals surface area (Å²) in [5.41, 5.74) is 1.03. The first-order chi connectivity index (χ1) is 10.5. The molecule has 0 saturated heterocycles. The number of aromatic nitrogens is 3. The Hall–Kier alpha value is -1.95. The van der Waals surface area contributed by atoms with Crippen LogP contribution in [0.2, 0.25) is 0 Å². The highest BCUT2D eigenvalue weighted by Crippen LogP contribution is 2.24. The molecule has 1 aromatic heterocycles. The molecule has 0 aliphatic carbocycles. The zero-order valence-corrected chi connectivity index (χ0v) is 14.0. The van der Waals surface area contributed by atoms with Crippen molar-refractivity contribution in [3.63, 3.8) is 0 Å². The summed E-state index contributed by atoms with van der Waals surface area (Å²) in [6, 6.07) is 9.86. The number of H-pyrrole nitrogens is 1. The van der Waals surface area contributed by atoms with Gasteiger partial charge in [-0.15, -0.1) is 0 Å². The molecule has 0 spiro atoms. The molecule has 2 N–H and O–H groups in total. The minimum absolute atomic E-state index is 0.0118. The number of benzene rings is 1. The third-order valence-corrected chi connectivity index (χ3v) is 3.99. The summed E-state index contributed by atoms with van der Waals surface area (Å²) in [7, 11) is 0. The molecule has 1 atom stereocenters. The second-order valence-electron chi connectivity index (χ2n) is 5.54. The first kappa shape index (κ1) is 16.4. The Bertz CT molecular complexity index is 675. The number of hydrogen-bond acceptors (Lipinski definition) is 3. The van der Waals surface area contributed by atoms with Crippen LogP contribution in [-0.2, 0) is 17.9 Å². The number of carbonyl (C=O) groups excluding carboxylic acids is 1. The van der Waals surface area contributed by atoms with E-state index in [1.54, 1.807) is 0 Å². The largest absolute Gasteiger partial charge is 0.348 e. The van der Waals surface area contributed by atoms with E-state index in [4.69, 9.17) is 12.2 Å². The molecule has 5 nitrogen and oxygen atoms in total. The molecule has 0 bridgehead atoms. The maximum absolute atomic E-state index is 12.6. The van der Waals surface area contributed by atoms with Gasteiger partial charge in [0.1, 0.15) is 0 Å². The van der Waals surface area contributed by atoms with Crippen molar-refractivity contribution < 1.29 is 4.79 Å². The Labute approximate surface area is 135 Å². The second kappa shape index (κ2) is 7.35. The predicted octanol–water partition coefficient (Wildman–Crippen LogP) is 3.02. The van der Waals surface area contributed by atoms with Crippen molar-refractivity contribution in [2.24, 2.45) is 5.92 Å². The fourth-order valence-corrected chi connectivity index (χ4v) is 2.87. The lowest BCUT2D eigenvalue weighted by Gasteiger charge is -2.20. The Balaban J connectivity index is 2.11. The number of rotatable bonds is 6. The molecular weight excluding hydrogens is 296 g/mol. The van der Waals surface area contributed by atoms with Crippen molar-refractivity contribution in [1.82, 2.24) is 20.1 Å². The Morgan fingerprint density at radius 2 is 2.05 bits per heavy atom. The van der Waals surface area contributed by atoms with Crippen LogP contribution in [0, 0.1) is 10.7 Å². The van der Waals surface area contributed by atoms with E-state index in [0.717, 1.165) is 17.9 Å².